The summed E-state index contributed by atoms with van der Waals surface area (Å²) in [7, 11) is 0. The van der Waals surface area contributed by atoms with Gasteiger partial charge in [-0.2, -0.15) is 13.2 Å². The maximum atomic E-state index is 12.1. The molecule has 1 amide bonds. The maximum absolute atomic E-state index is 12.1. The largest absolute Gasteiger partial charge is 0.480 e. The molecule has 0 aliphatic rings. The van der Waals surface area contributed by atoms with Gasteiger partial charge in [0.1, 0.15) is 6.04 Å². The van der Waals surface area contributed by atoms with Crippen molar-refractivity contribution in [3.63, 3.8) is 0 Å². The number of halogens is 5. The summed E-state index contributed by atoms with van der Waals surface area (Å²) >= 11 is 11.5. The number of carboxylic acid groups (broad SMARTS) is 1. The summed E-state index contributed by atoms with van der Waals surface area (Å²) in [6, 6.07) is 2.38. The molecule has 0 bridgehead atoms. The van der Waals surface area contributed by atoms with E-state index in [9.17, 15) is 22.8 Å². The van der Waals surface area contributed by atoms with Crippen LogP contribution in [0.3, 0.4) is 0 Å². The highest BCUT2D eigenvalue weighted by atomic mass is 35.5. The average molecular weight is 330 g/mol. The predicted molar refractivity (Wildman–Crippen MR) is 65.8 cm³/mol. The standard InChI is InChI=1S/C11H8Cl2F3NO3/c12-6-1-2-7(13)5(3-6)4-8(9(18)19)17-10(20)11(14,15)16/h1-3,8H,4H2,(H,17,20)(H,18,19)/t8-/m0/s1. The molecule has 2 N–H and O–H groups in total. The van der Waals surface area contributed by atoms with E-state index in [1.807, 2.05) is 0 Å². The smallest absolute Gasteiger partial charge is 0.471 e. The van der Waals surface area contributed by atoms with E-state index in [-0.39, 0.29) is 15.6 Å². The molecule has 0 saturated carbocycles. The van der Waals surface area contributed by atoms with Crippen molar-refractivity contribution < 1.29 is 27.9 Å². The van der Waals surface area contributed by atoms with Gasteiger partial charge in [0, 0.05) is 16.5 Å². The normalized spacial score (nSPS) is 12.8. The van der Waals surface area contributed by atoms with E-state index in [0.717, 1.165) is 0 Å². The Kier molecular flexibility index (Phi) is 5.24. The summed E-state index contributed by atoms with van der Waals surface area (Å²) in [6.07, 6.45) is -5.58. The fourth-order valence-electron chi connectivity index (χ4n) is 1.36. The van der Waals surface area contributed by atoms with Crippen molar-refractivity contribution >= 4 is 35.1 Å². The van der Waals surface area contributed by atoms with Crippen LogP contribution in [0.15, 0.2) is 18.2 Å². The van der Waals surface area contributed by atoms with Crippen molar-refractivity contribution in [1.82, 2.24) is 5.32 Å². The first-order valence-electron chi connectivity index (χ1n) is 5.15. The maximum Gasteiger partial charge on any atom is 0.471 e. The zero-order valence-electron chi connectivity index (χ0n) is 9.67. The van der Waals surface area contributed by atoms with Crippen LogP contribution in [0.1, 0.15) is 5.56 Å². The quantitative estimate of drug-likeness (QED) is 0.892. The highest BCUT2D eigenvalue weighted by Crippen LogP contribution is 2.22. The fourth-order valence-corrected chi connectivity index (χ4v) is 1.75. The molecule has 110 valence electrons. The molecule has 0 radical (unpaired) electrons. The Hall–Kier alpha value is -1.47. The number of alkyl halides is 3. The molecular formula is C11H8Cl2F3NO3. The zero-order chi connectivity index (χ0) is 15.5. The summed E-state index contributed by atoms with van der Waals surface area (Å²) in [4.78, 5) is 21.7. The molecule has 0 fully saturated rings. The zero-order valence-corrected chi connectivity index (χ0v) is 11.2. The average Bonchev–Trinajstić information content (AvgIpc) is 2.31. The summed E-state index contributed by atoms with van der Waals surface area (Å²) in [5.41, 5.74) is 0.217. The molecule has 20 heavy (non-hydrogen) atoms. The minimum Gasteiger partial charge on any atom is -0.480 e. The Morgan fingerprint density at radius 2 is 1.90 bits per heavy atom. The third-order valence-electron chi connectivity index (χ3n) is 2.29. The highest BCUT2D eigenvalue weighted by Gasteiger charge is 2.40. The van der Waals surface area contributed by atoms with E-state index in [4.69, 9.17) is 28.3 Å². The van der Waals surface area contributed by atoms with Gasteiger partial charge in [0.15, 0.2) is 0 Å². The summed E-state index contributed by atoms with van der Waals surface area (Å²) in [5.74, 6) is -3.94. The number of benzene rings is 1. The number of carbonyl (C=O) groups is 2. The molecule has 1 rings (SSSR count). The summed E-state index contributed by atoms with van der Waals surface area (Å²) < 4.78 is 36.3. The second-order valence-corrected chi connectivity index (χ2v) is 4.65. The number of nitrogens with one attached hydrogen (secondary N) is 1. The summed E-state index contributed by atoms with van der Waals surface area (Å²) in [5, 5.41) is 10.6. The molecule has 1 atom stereocenters. The lowest BCUT2D eigenvalue weighted by Crippen LogP contribution is -2.47. The van der Waals surface area contributed by atoms with E-state index in [1.54, 1.807) is 0 Å². The van der Waals surface area contributed by atoms with E-state index >= 15 is 0 Å². The highest BCUT2D eigenvalue weighted by molar-refractivity contribution is 6.33. The van der Waals surface area contributed by atoms with Gasteiger partial charge < -0.3 is 10.4 Å². The minimum atomic E-state index is -5.16. The van der Waals surface area contributed by atoms with Gasteiger partial charge in [-0.3, -0.25) is 4.79 Å². The number of carbonyl (C=O) groups excluding carboxylic acids is 1. The number of carboxylic acids is 1. The number of hydrogen-bond acceptors (Lipinski definition) is 2. The first kappa shape index (κ1) is 16.6. The van der Waals surface area contributed by atoms with Gasteiger partial charge in [-0.1, -0.05) is 23.2 Å². The lowest BCUT2D eigenvalue weighted by molar-refractivity contribution is -0.175. The topological polar surface area (TPSA) is 66.4 Å². The molecule has 0 aliphatic carbocycles. The minimum absolute atomic E-state index is 0.141. The molecule has 0 aromatic heterocycles. The van der Waals surface area contributed by atoms with Crippen LogP contribution in [-0.2, 0) is 16.0 Å². The molecule has 0 unspecified atom stereocenters. The van der Waals surface area contributed by atoms with Gasteiger partial charge in [0.05, 0.1) is 0 Å². The molecule has 0 spiro atoms. The first-order valence-corrected chi connectivity index (χ1v) is 5.91. The monoisotopic (exact) mass is 329 g/mol. The van der Waals surface area contributed by atoms with Crippen LogP contribution in [-0.4, -0.2) is 29.2 Å². The summed E-state index contributed by atoms with van der Waals surface area (Å²) in [6.45, 7) is 0. The van der Waals surface area contributed by atoms with Crippen LogP contribution in [0.4, 0.5) is 13.2 Å². The van der Waals surface area contributed by atoms with Crippen molar-refractivity contribution in [2.75, 3.05) is 0 Å². The van der Waals surface area contributed by atoms with Crippen LogP contribution in [0.5, 0.6) is 0 Å². The number of hydrogen-bond donors (Lipinski definition) is 2. The first-order chi connectivity index (χ1) is 9.11. The Morgan fingerprint density at radius 1 is 1.30 bits per heavy atom. The van der Waals surface area contributed by atoms with Crippen LogP contribution < -0.4 is 5.32 Å². The molecule has 0 aliphatic heterocycles. The van der Waals surface area contributed by atoms with Crippen molar-refractivity contribution in [1.29, 1.82) is 0 Å². The van der Waals surface area contributed by atoms with Crippen molar-refractivity contribution in [2.24, 2.45) is 0 Å². The third-order valence-corrected chi connectivity index (χ3v) is 2.90. The van der Waals surface area contributed by atoms with Crippen LogP contribution in [0.2, 0.25) is 10.0 Å². The molecule has 1 aromatic rings. The Labute approximate surface area is 121 Å². The van der Waals surface area contributed by atoms with Gasteiger partial charge in [-0.05, 0) is 23.8 Å². The number of amides is 1. The van der Waals surface area contributed by atoms with Crippen molar-refractivity contribution in [3.8, 4) is 0 Å². The molecule has 9 heteroatoms. The third kappa shape index (κ3) is 4.57. The number of rotatable bonds is 4. The SMILES string of the molecule is O=C(O)[C@H](Cc1cc(Cl)ccc1Cl)NC(=O)C(F)(F)F. The Balaban J connectivity index is 2.91. The molecule has 1 aromatic carbocycles. The molecule has 4 nitrogen and oxygen atoms in total. The second-order valence-electron chi connectivity index (χ2n) is 3.80. The predicted octanol–water partition coefficient (Wildman–Crippen LogP) is 2.67. The van der Waals surface area contributed by atoms with Crippen molar-refractivity contribution in [2.45, 2.75) is 18.6 Å². The van der Waals surface area contributed by atoms with Crippen LogP contribution in [0.25, 0.3) is 0 Å². The Morgan fingerprint density at radius 3 is 2.40 bits per heavy atom. The molecule has 0 heterocycles. The van der Waals surface area contributed by atoms with E-state index < -0.39 is 30.5 Å². The molecular weight excluding hydrogens is 322 g/mol. The molecule has 0 saturated heterocycles. The van der Waals surface area contributed by atoms with E-state index in [2.05, 4.69) is 0 Å². The van der Waals surface area contributed by atoms with Gasteiger partial charge in [0.2, 0.25) is 0 Å². The van der Waals surface area contributed by atoms with E-state index in [1.165, 1.54) is 23.5 Å². The fraction of sp³-hybridized carbons (Fsp3) is 0.273. The number of aliphatic carboxylic acids is 1. The lowest BCUT2D eigenvalue weighted by Gasteiger charge is -2.16. The van der Waals surface area contributed by atoms with Gasteiger partial charge >= 0.3 is 18.1 Å². The van der Waals surface area contributed by atoms with Crippen LogP contribution >= 0.6 is 23.2 Å². The Bertz CT molecular complexity index is 534. The van der Waals surface area contributed by atoms with Gasteiger partial charge in [0.25, 0.3) is 0 Å². The van der Waals surface area contributed by atoms with Gasteiger partial charge in [-0.25, -0.2) is 4.79 Å². The van der Waals surface area contributed by atoms with E-state index in [0.29, 0.717) is 0 Å². The second kappa shape index (κ2) is 6.32. The van der Waals surface area contributed by atoms with Gasteiger partial charge in [-0.15, -0.1) is 0 Å². The van der Waals surface area contributed by atoms with Crippen molar-refractivity contribution in [3.05, 3.63) is 33.8 Å². The lowest BCUT2D eigenvalue weighted by atomic mass is 10.1. The van der Waals surface area contributed by atoms with Crippen LogP contribution in [0, 0.1) is 0 Å².